The third-order valence-electron chi connectivity index (χ3n) is 5.26. The number of allylic oxidation sites excluding steroid dienone is 1. The van der Waals surface area contributed by atoms with Crippen molar-refractivity contribution in [1.29, 1.82) is 0 Å². The van der Waals surface area contributed by atoms with E-state index in [1.54, 1.807) is 0 Å². The van der Waals surface area contributed by atoms with E-state index >= 15 is 0 Å². The molecule has 0 saturated heterocycles. The molecule has 0 saturated carbocycles. The fourth-order valence-corrected chi connectivity index (χ4v) is 4.63. The molecule has 6 heteroatoms. The number of rotatable bonds is 4. The van der Waals surface area contributed by atoms with E-state index in [1.807, 2.05) is 54.2 Å². The standard InChI is InChI=1S/C22H22ClN3OS/c1-13-6-9-18(12-19(13)23)26-15(3)21(14(2)25-26)16-7-8-17(11-16)24-22(27)20-5-4-10-28-20/h4-10,12,16-17H,11H2,1-3H3,(H,24,27)/t16-,17-/m1/s1. The SMILES string of the molecule is Cc1ccc(-n2nc(C)c([C@@H]3C=C[C@@H](NC(=O)c4cccs4)C3)c2C)cc1Cl. The molecule has 0 spiro atoms. The summed E-state index contributed by atoms with van der Waals surface area (Å²) in [6.07, 6.45) is 5.12. The van der Waals surface area contributed by atoms with E-state index in [4.69, 9.17) is 16.7 Å². The lowest BCUT2D eigenvalue weighted by molar-refractivity contribution is 0.0948. The lowest BCUT2D eigenvalue weighted by Crippen LogP contribution is -2.32. The zero-order chi connectivity index (χ0) is 19.8. The summed E-state index contributed by atoms with van der Waals surface area (Å²) >= 11 is 7.77. The lowest BCUT2D eigenvalue weighted by atomic mass is 9.96. The van der Waals surface area contributed by atoms with Gasteiger partial charge in [-0.2, -0.15) is 5.10 Å². The number of thiophene rings is 1. The summed E-state index contributed by atoms with van der Waals surface area (Å²) in [5.41, 5.74) is 5.36. The summed E-state index contributed by atoms with van der Waals surface area (Å²) in [7, 11) is 0. The summed E-state index contributed by atoms with van der Waals surface area (Å²) in [5.74, 6) is 0.229. The molecule has 2 aromatic heterocycles. The molecule has 1 aromatic carbocycles. The van der Waals surface area contributed by atoms with Crippen LogP contribution in [-0.4, -0.2) is 21.7 Å². The first-order chi connectivity index (χ1) is 13.4. The molecule has 0 fully saturated rings. The lowest BCUT2D eigenvalue weighted by Gasteiger charge is -2.14. The number of hydrogen-bond acceptors (Lipinski definition) is 3. The van der Waals surface area contributed by atoms with E-state index in [9.17, 15) is 4.79 Å². The van der Waals surface area contributed by atoms with Gasteiger partial charge in [-0.3, -0.25) is 4.79 Å². The fourth-order valence-electron chi connectivity index (χ4n) is 3.82. The van der Waals surface area contributed by atoms with Gasteiger partial charge in [0.1, 0.15) is 0 Å². The zero-order valence-electron chi connectivity index (χ0n) is 16.1. The normalized spacial score (nSPS) is 18.6. The minimum Gasteiger partial charge on any atom is -0.345 e. The first-order valence-electron chi connectivity index (χ1n) is 9.29. The van der Waals surface area contributed by atoms with E-state index in [-0.39, 0.29) is 17.9 Å². The topological polar surface area (TPSA) is 46.9 Å². The maximum Gasteiger partial charge on any atom is 0.261 e. The van der Waals surface area contributed by atoms with Gasteiger partial charge in [0.2, 0.25) is 0 Å². The second-order valence-electron chi connectivity index (χ2n) is 7.21. The van der Waals surface area contributed by atoms with Gasteiger partial charge in [-0.25, -0.2) is 4.68 Å². The fraction of sp³-hybridized carbons (Fsp3) is 0.273. The van der Waals surface area contributed by atoms with Crippen LogP contribution in [0, 0.1) is 20.8 Å². The number of benzene rings is 1. The summed E-state index contributed by atoms with van der Waals surface area (Å²) < 4.78 is 1.96. The molecule has 0 aliphatic heterocycles. The monoisotopic (exact) mass is 411 g/mol. The van der Waals surface area contributed by atoms with Crippen molar-refractivity contribution in [2.75, 3.05) is 0 Å². The number of aryl methyl sites for hydroxylation is 2. The van der Waals surface area contributed by atoms with Gasteiger partial charge in [-0.15, -0.1) is 11.3 Å². The summed E-state index contributed by atoms with van der Waals surface area (Å²) in [6.45, 7) is 6.13. The third kappa shape index (κ3) is 3.52. The Morgan fingerprint density at radius 2 is 2.07 bits per heavy atom. The van der Waals surface area contributed by atoms with Crippen LogP contribution in [0.2, 0.25) is 5.02 Å². The van der Waals surface area contributed by atoms with Crippen LogP contribution in [0.1, 0.15) is 44.5 Å². The molecule has 1 aliphatic rings. The Morgan fingerprint density at radius 3 is 2.79 bits per heavy atom. The van der Waals surface area contributed by atoms with Crippen LogP contribution >= 0.6 is 22.9 Å². The molecule has 1 amide bonds. The molecular weight excluding hydrogens is 390 g/mol. The largest absolute Gasteiger partial charge is 0.345 e. The van der Waals surface area contributed by atoms with Crippen molar-refractivity contribution in [3.05, 3.63) is 80.3 Å². The van der Waals surface area contributed by atoms with Gasteiger partial charge in [-0.05, 0) is 56.3 Å². The highest BCUT2D eigenvalue weighted by Crippen LogP contribution is 2.34. The van der Waals surface area contributed by atoms with Crippen molar-refractivity contribution in [2.24, 2.45) is 0 Å². The number of amides is 1. The van der Waals surface area contributed by atoms with Crippen LogP contribution < -0.4 is 5.32 Å². The molecule has 28 heavy (non-hydrogen) atoms. The van der Waals surface area contributed by atoms with Crippen molar-refractivity contribution >= 4 is 28.8 Å². The van der Waals surface area contributed by atoms with E-state index in [2.05, 4.69) is 24.4 Å². The van der Waals surface area contributed by atoms with E-state index < -0.39 is 0 Å². The molecule has 144 valence electrons. The highest BCUT2D eigenvalue weighted by atomic mass is 35.5. The minimum absolute atomic E-state index is 0.0104. The Hall–Kier alpha value is -2.37. The molecule has 0 bridgehead atoms. The van der Waals surface area contributed by atoms with Crippen molar-refractivity contribution in [2.45, 2.75) is 39.2 Å². The van der Waals surface area contributed by atoms with Crippen molar-refractivity contribution in [3.63, 3.8) is 0 Å². The first-order valence-corrected chi connectivity index (χ1v) is 10.5. The van der Waals surface area contributed by atoms with Gasteiger partial charge in [0.05, 0.1) is 16.3 Å². The van der Waals surface area contributed by atoms with Gasteiger partial charge in [0.15, 0.2) is 0 Å². The molecule has 1 aliphatic carbocycles. The average molecular weight is 412 g/mol. The second kappa shape index (κ2) is 7.57. The number of hydrogen-bond donors (Lipinski definition) is 1. The van der Waals surface area contributed by atoms with Crippen LogP contribution in [0.15, 0.2) is 47.9 Å². The van der Waals surface area contributed by atoms with Crippen molar-refractivity contribution < 1.29 is 4.79 Å². The zero-order valence-corrected chi connectivity index (χ0v) is 17.6. The highest BCUT2D eigenvalue weighted by Gasteiger charge is 2.27. The van der Waals surface area contributed by atoms with Crippen LogP contribution in [0.5, 0.6) is 0 Å². The first kappa shape index (κ1) is 19.0. The highest BCUT2D eigenvalue weighted by molar-refractivity contribution is 7.12. The Bertz CT molecular complexity index is 1050. The Morgan fingerprint density at radius 1 is 1.25 bits per heavy atom. The van der Waals surface area contributed by atoms with Crippen LogP contribution in [-0.2, 0) is 0 Å². The molecular formula is C22H22ClN3OS. The van der Waals surface area contributed by atoms with E-state index in [0.717, 1.165) is 39.0 Å². The van der Waals surface area contributed by atoms with E-state index in [0.29, 0.717) is 0 Å². The number of nitrogens with one attached hydrogen (secondary N) is 1. The van der Waals surface area contributed by atoms with E-state index in [1.165, 1.54) is 16.9 Å². The van der Waals surface area contributed by atoms with Crippen molar-refractivity contribution in [1.82, 2.24) is 15.1 Å². The maximum absolute atomic E-state index is 12.3. The van der Waals surface area contributed by atoms with Crippen LogP contribution in [0.4, 0.5) is 0 Å². The quantitative estimate of drug-likeness (QED) is 0.588. The predicted molar refractivity (Wildman–Crippen MR) is 115 cm³/mol. The van der Waals surface area contributed by atoms with Crippen LogP contribution in [0.3, 0.4) is 0 Å². The van der Waals surface area contributed by atoms with Crippen LogP contribution in [0.25, 0.3) is 5.69 Å². The third-order valence-corrected chi connectivity index (χ3v) is 6.54. The van der Waals surface area contributed by atoms with Gasteiger partial charge in [-0.1, -0.05) is 35.9 Å². The Balaban J connectivity index is 1.54. The van der Waals surface area contributed by atoms with Gasteiger partial charge >= 0.3 is 0 Å². The number of nitrogens with zero attached hydrogens (tertiary/aromatic N) is 2. The second-order valence-corrected chi connectivity index (χ2v) is 8.57. The molecule has 2 heterocycles. The minimum atomic E-state index is -0.0104. The number of carbonyl (C=O) groups excluding carboxylic acids is 1. The molecule has 1 N–H and O–H groups in total. The smallest absolute Gasteiger partial charge is 0.261 e. The molecule has 4 nitrogen and oxygen atoms in total. The molecule has 3 aromatic rings. The summed E-state index contributed by atoms with van der Waals surface area (Å²) in [6, 6.07) is 9.79. The van der Waals surface area contributed by atoms with Crippen molar-refractivity contribution in [3.8, 4) is 5.69 Å². The average Bonchev–Trinajstić information content (AvgIpc) is 3.39. The number of aromatic nitrogens is 2. The molecule has 0 unspecified atom stereocenters. The predicted octanol–water partition coefficient (Wildman–Crippen LogP) is 5.35. The molecule has 0 radical (unpaired) electrons. The molecule has 2 atom stereocenters. The maximum atomic E-state index is 12.3. The number of halogens is 1. The summed E-state index contributed by atoms with van der Waals surface area (Å²) in [4.78, 5) is 13.1. The molecule has 4 rings (SSSR count). The Labute approximate surface area is 173 Å². The van der Waals surface area contributed by atoms with Gasteiger partial charge in [0, 0.05) is 28.2 Å². The number of carbonyl (C=O) groups is 1. The Kier molecular flexibility index (Phi) is 5.13. The summed E-state index contributed by atoms with van der Waals surface area (Å²) in [5, 5.41) is 10.5. The van der Waals surface area contributed by atoms with Gasteiger partial charge < -0.3 is 5.32 Å². The van der Waals surface area contributed by atoms with Gasteiger partial charge in [0.25, 0.3) is 5.91 Å².